The van der Waals surface area contributed by atoms with Crippen LogP contribution in [-0.2, 0) is 0 Å². The van der Waals surface area contributed by atoms with Gasteiger partial charge in [0, 0.05) is 0 Å². The maximum absolute atomic E-state index is 5.68. The van der Waals surface area contributed by atoms with Crippen molar-refractivity contribution >= 4 is 0 Å². The third-order valence-electron chi connectivity index (χ3n) is 1.65. The third-order valence-corrected chi connectivity index (χ3v) is 1.65. The van der Waals surface area contributed by atoms with Crippen LogP contribution in [0.4, 0.5) is 0 Å². The molecule has 56 valence electrons. The monoisotopic (exact) mass is 130 g/mol. The van der Waals surface area contributed by atoms with Gasteiger partial charge in [0.1, 0.15) is 0 Å². The van der Waals surface area contributed by atoms with Gasteiger partial charge in [0.2, 0.25) is 0 Å². The zero-order chi connectivity index (χ0) is 7.33. The van der Waals surface area contributed by atoms with Crippen LogP contribution in [0.5, 0.6) is 0 Å². The Labute approximate surface area is 57.6 Å². The van der Waals surface area contributed by atoms with E-state index in [9.17, 15) is 0 Å². The molecule has 0 spiro atoms. The van der Waals surface area contributed by atoms with Gasteiger partial charge in [-0.15, -0.1) is 0 Å². The van der Waals surface area contributed by atoms with Crippen molar-refractivity contribution in [1.29, 1.82) is 0 Å². The van der Waals surface area contributed by atoms with Gasteiger partial charge in [-0.05, 0) is 12.8 Å². The lowest BCUT2D eigenvalue weighted by Gasteiger charge is -2.21. The van der Waals surface area contributed by atoms with E-state index >= 15 is 0 Å². The highest BCUT2D eigenvalue weighted by Gasteiger charge is 2.13. The molecule has 0 fully saturated rings. The summed E-state index contributed by atoms with van der Waals surface area (Å²) in [6.07, 6.45) is 4.13. The summed E-state index contributed by atoms with van der Waals surface area (Å²) >= 11 is 0. The molecule has 0 heterocycles. The highest BCUT2D eigenvalue weighted by atomic mass is 14.9. The van der Waals surface area contributed by atoms with E-state index in [1.54, 1.807) is 0 Å². The van der Waals surface area contributed by atoms with Gasteiger partial charge in [0.25, 0.3) is 0 Å². The molecule has 0 aromatic heterocycles. The minimum Gasteiger partial charge on any atom is -0.314 e. The average Bonchev–Trinajstić information content (AvgIpc) is 1.84. The molecule has 2 heteroatoms. The summed E-state index contributed by atoms with van der Waals surface area (Å²) in [5.74, 6) is 0. The van der Waals surface area contributed by atoms with E-state index in [1.807, 2.05) is 6.92 Å². The molecule has 0 bridgehead atoms. The molecule has 2 nitrogen and oxygen atoms in total. The second-order valence-electron chi connectivity index (χ2n) is 2.69. The molecule has 0 amide bonds. The fraction of sp³-hybridized carbons (Fsp3) is 1.00. The van der Waals surface area contributed by atoms with Crippen LogP contribution in [0.3, 0.4) is 0 Å². The van der Waals surface area contributed by atoms with Crippen molar-refractivity contribution in [1.82, 2.24) is 0 Å². The first-order valence-electron chi connectivity index (χ1n) is 3.70. The Balaban J connectivity index is 3.33. The molecule has 0 rings (SSSR count). The van der Waals surface area contributed by atoms with Crippen molar-refractivity contribution in [3.8, 4) is 0 Å². The molecule has 0 aromatic carbocycles. The Morgan fingerprint density at radius 1 is 1.22 bits per heavy atom. The van der Waals surface area contributed by atoms with Crippen LogP contribution in [0.2, 0.25) is 0 Å². The predicted molar refractivity (Wildman–Crippen MR) is 40.9 cm³/mol. The molecule has 0 aliphatic carbocycles. The lowest BCUT2D eigenvalue weighted by molar-refractivity contribution is 0.381. The van der Waals surface area contributed by atoms with Crippen LogP contribution in [0.25, 0.3) is 0 Å². The molecule has 0 aliphatic heterocycles. The first-order valence-corrected chi connectivity index (χ1v) is 3.70. The van der Waals surface area contributed by atoms with Gasteiger partial charge in [-0.25, -0.2) is 0 Å². The minimum atomic E-state index is -0.407. The van der Waals surface area contributed by atoms with Crippen LogP contribution in [0, 0.1) is 0 Å². The molecule has 0 saturated heterocycles. The summed E-state index contributed by atoms with van der Waals surface area (Å²) < 4.78 is 0. The molecule has 0 saturated carbocycles. The van der Waals surface area contributed by atoms with Crippen molar-refractivity contribution in [2.45, 2.75) is 45.2 Å². The normalized spacial score (nSPS) is 12.0. The number of nitrogens with two attached hydrogens (primary N) is 2. The quantitative estimate of drug-likeness (QED) is 0.562. The van der Waals surface area contributed by atoms with Crippen molar-refractivity contribution in [3.63, 3.8) is 0 Å². The first-order chi connectivity index (χ1) is 4.12. The van der Waals surface area contributed by atoms with Gasteiger partial charge in [0.05, 0.1) is 5.66 Å². The van der Waals surface area contributed by atoms with Crippen LogP contribution in [0.15, 0.2) is 0 Å². The molecule has 0 radical (unpaired) electrons. The van der Waals surface area contributed by atoms with E-state index in [2.05, 4.69) is 6.92 Å². The Kier molecular flexibility index (Phi) is 3.82. The maximum Gasteiger partial charge on any atom is 0.0633 e. The molecule has 0 aromatic rings. The molecule has 0 atom stereocenters. The molecule has 9 heavy (non-hydrogen) atoms. The first kappa shape index (κ1) is 8.92. The van der Waals surface area contributed by atoms with E-state index in [0.29, 0.717) is 0 Å². The van der Waals surface area contributed by atoms with E-state index in [4.69, 9.17) is 11.5 Å². The van der Waals surface area contributed by atoms with Gasteiger partial charge in [-0.1, -0.05) is 26.7 Å². The van der Waals surface area contributed by atoms with Crippen LogP contribution < -0.4 is 11.5 Å². The second-order valence-corrected chi connectivity index (χ2v) is 2.69. The Morgan fingerprint density at radius 2 is 1.78 bits per heavy atom. The van der Waals surface area contributed by atoms with Crippen molar-refractivity contribution in [2.75, 3.05) is 0 Å². The van der Waals surface area contributed by atoms with Crippen molar-refractivity contribution < 1.29 is 0 Å². The predicted octanol–water partition coefficient (Wildman–Crippen LogP) is 1.20. The van der Waals surface area contributed by atoms with Gasteiger partial charge < -0.3 is 11.5 Å². The van der Waals surface area contributed by atoms with Crippen molar-refractivity contribution in [2.24, 2.45) is 11.5 Å². The van der Waals surface area contributed by atoms with E-state index in [1.165, 1.54) is 6.42 Å². The maximum atomic E-state index is 5.68. The van der Waals surface area contributed by atoms with E-state index in [0.717, 1.165) is 19.3 Å². The topological polar surface area (TPSA) is 52.0 Å². The molecule has 0 unspecified atom stereocenters. The summed E-state index contributed by atoms with van der Waals surface area (Å²) in [5.41, 5.74) is 11.0. The summed E-state index contributed by atoms with van der Waals surface area (Å²) in [6.45, 7) is 4.17. The van der Waals surface area contributed by atoms with Gasteiger partial charge in [-0.2, -0.15) is 0 Å². The summed E-state index contributed by atoms with van der Waals surface area (Å²) in [5, 5.41) is 0. The number of hydrogen-bond acceptors (Lipinski definition) is 2. The highest BCUT2D eigenvalue weighted by Crippen LogP contribution is 2.07. The minimum absolute atomic E-state index is 0.407. The standard InChI is InChI=1S/C7H18N2/c1-3-5-6-7(8,9)4-2/h3-6,8-9H2,1-2H3. The Bertz CT molecular complexity index is 69.3. The Morgan fingerprint density at radius 3 is 2.11 bits per heavy atom. The zero-order valence-electron chi connectivity index (χ0n) is 6.48. The van der Waals surface area contributed by atoms with Gasteiger partial charge >= 0.3 is 0 Å². The van der Waals surface area contributed by atoms with Crippen LogP contribution in [0.1, 0.15) is 39.5 Å². The Hall–Kier alpha value is -0.0800. The molecule has 0 aliphatic rings. The fourth-order valence-electron chi connectivity index (χ4n) is 0.683. The van der Waals surface area contributed by atoms with Crippen LogP contribution in [-0.4, -0.2) is 5.66 Å². The summed E-state index contributed by atoms with van der Waals surface area (Å²) in [7, 11) is 0. The van der Waals surface area contributed by atoms with Gasteiger partial charge in [0.15, 0.2) is 0 Å². The average molecular weight is 130 g/mol. The number of unbranched alkanes of at least 4 members (excludes halogenated alkanes) is 1. The van der Waals surface area contributed by atoms with Gasteiger partial charge in [-0.3, -0.25) is 0 Å². The molecular formula is C7H18N2. The van der Waals surface area contributed by atoms with E-state index < -0.39 is 5.66 Å². The van der Waals surface area contributed by atoms with E-state index in [-0.39, 0.29) is 0 Å². The third kappa shape index (κ3) is 4.43. The molecule has 4 N–H and O–H groups in total. The smallest absolute Gasteiger partial charge is 0.0633 e. The zero-order valence-corrected chi connectivity index (χ0v) is 6.48. The second kappa shape index (κ2) is 3.85. The molecular weight excluding hydrogens is 112 g/mol. The summed E-state index contributed by atoms with van der Waals surface area (Å²) in [6, 6.07) is 0. The number of hydrogen-bond donors (Lipinski definition) is 2. The lowest BCUT2D eigenvalue weighted by atomic mass is 10.0. The van der Waals surface area contributed by atoms with Crippen molar-refractivity contribution in [3.05, 3.63) is 0 Å². The largest absolute Gasteiger partial charge is 0.314 e. The lowest BCUT2D eigenvalue weighted by Crippen LogP contribution is -2.48. The number of rotatable bonds is 4. The SMILES string of the molecule is CCCCC(N)(N)CC. The highest BCUT2D eigenvalue weighted by molar-refractivity contribution is 4.73. The fourth-order valence-corrected chi connectivity index (χ4v) is 0.683. The summed E-state index contributed by atoms with van der Waals surface area (Å²) in [4.78, 5) is 0. The van der Waals surface area contributed by atoms with Crippen LogP contribution >= 0.6 is 0 Å².